The summed E-state index contributed by atoms with van der Waals surface area (Å²) in [6.07, 6.45) is 3.85. The van der Waals surface area contributed by atoms with Gasteiger partial charge in [-0.2, -0.15) is 5.26 Å². The number of likely N-dealkylation sites (tertiary alicyclic amines) is 3. The number of fused-ring (bicyclic) bond motifs is 5. The Bertz CT molecular complexity index is 1220. The van der Waals surface area contributed by atoms with Crippen LogP contribution >= 0.6 is 0 Å². The van der Waals surface area contributed by atoms with Crippen molar-refractivity contribution in [1.82, 2.24) is 14.7 Å². The number of nitrogens with two attached hydrogens (primary N) is 1. The lowest BCUT2D eigenvalue weighted by Gasteiger charge is -2.42. The molecule has 2 aromatic carbocycles. The molecule has 0 aromatic heterocycles. The van der Waals surface area contributed by atoms with Crippen LogP contribution in [0.5, 0.6) is 0 Å². The fourth-order valence-electron chi connectivity index (χ4n) is 7.36. The van der Waals surface area contributed by atoms with Crippen molar-refractivity contribution in [2.45, 2.75) is 61.9 Å². The first-order valence-electron chi connectivity index (χ1n) is 12.9. The van der Waals surface area contributed by atoms with Crippen molar-refractivity contribution in [3.8, 4) is 6.07 Å². The lowest BCUT2D eigenvalue weighted by Crippen LogP contribution is -2.55. The summed E-state index contributed by atoms with van der Waals surface area (Å²) in [6, 6.07) is 19.7. The Hall–Kier alpha value is -3.14. The monoisotopic (exact) mass is 465 g/mol. The van der Waals surface area contributed by atoms with Crippen LogP contribution in [0.15, 0.2) is 60.8 Å². The summed E-state index contributed by atoms with van der Waals surface area (Å²) in [5.74, 6) is 0.844. The van der Waals surface area contributed by atoms with Crippen LogP contribution < -0.4 is 5.73 Å². The van der Waals surface area contributed by atoms with E-state index in [1.54, 1.807) is 0 Å². The van der Waals surface area contributed by atoms with Crippen molar-refractivity contribution < 1.29 is 4.79 Å². The van der Waals surface area contributed by atoms with Crippen LogP contribution in [-0.4, -0.2) is 63.9 Å². The number of amides is 1. The van der Waals surface area contributed by atoms with E-state index in [-0.39, 0.29) is 36.1 Å². The molecule has 35 heavy (non-hydrogen) atoms. The van der Waals surface area contributed by atoms with Gasteiger partial charge >= 0.3 is 0 Å². The highest BCUT2D eigenvalue weighted by Gasteiger charge is 2.55. The van der Waals surface area contributed by atoms with E-state index >= 15 is 0 Å². The van der Waals surface area contributed by atoms with Crippen LogP contribution in [-0.2, 0) is 11.2 Å². The van der Waals surface area contributed by atoms with E-state index in [1.165, 1.54) is 22.3 Å². The normalized spacial score (nSPS) is 31.7. The number of rotatable bonds is 5. The lowest BCUT2D eigenvalue weighted by molar-refractivity contribution is -0.138. The first-order valence-corrected chi connectivity index (χ1v) is 12.9. The largest absolute Gasteiger partial charge is 0.355 e. The fraction of sp³-hybridized carbons (Fsp3) is 0.448. The lowest BCUT2D eigenvalue weighted by atomic mass is 9.81. The average Bonchev–Trinajstić information content (AvgIpc) is 3.19. The maximum absolute atomic E-state index is 13.8. The Morgan fingerprint density at radius 2 is 1.77 bits per heavy atom. The maximum Gasteiger partial charge on any atom is 0.241 e. The minimum atomic E-state index is -0.262. The molecule has 2 aliphatic carbocycles. The Morgan fingerprint density at radius 3 is 2.43 bits per heavy atom. The number of carbonyl (C=O) groups excluding carboxylic acids is 1. The van der Waals surface area contributed by atoms with Crippen molar-refractivity contribution in [3.63, 3.8) is 0 Å². The quantitative estimate of drug-likeness (QED) is 0.735. The van der Waals surface area contributed by atoms with Crippen LogP contribution in [0.3, 0.4) is 0 Å². The number of benzene rings is 2. The van der Waals surface area contributed by atoms with Crippen LogP contribution in [0.1, 0.15) is 47.6 Å². The number of hydrogen-bond acceptors (Lipinski definition) is 5. The van der Waals surface area contributed by atoms with E-state index < -0.39 is 0 Å². The van der Waals surface area contributed by atoms with Gasteiger partial charge < -0.3 is 15.5 Å². The molecule has 2 bridgehead atoms. The highest BCUT2D eigenvalue weighted by molar-refractivity contribution is 5.87. The fourth-order valence-corrected chi connectivity index (χ4v) is 7.36. The Labute approximate surface area is 206 Å². The number of piperazine rings is 1. The first-order chi connectivity index (χ1) is 17.0. The number of hydrogen-bond donors (Lipinski definition) is 1. The molecular formula is C29H31N5O. The van der Waals surface area contributed by atoms with Gasteiger partial charge in [0.1, 0.15) is 6.04 Å². The molecule has 0 spiro atoms. The van der Waals surface area contributed by atoms with Gasteiger partial charge in [0.25, 0.3) is 0 Å². The molecule has 3 saturated heterocycles. The molecule has 178 valence electrons. The highest BCUT2D eigenvalue weighted by atomic mass is 16.2. The van der Waals surface area contributed by atoms with Crippen molar-refractivity contribution >= 4 is 5.91 Å². The van der Waals surface area contributed by atoms with Gasteiger partial charge in [0.15, 0.2) is 0 Å². The van der Waals surface area contributed by atoms with Crippen LogP contribution in [0.4, 0.5) is 0 Å². The Morgan fingerprint density at radius 1 is 1.09 bits per heavy atom. The summed E-state index contributed by atoms with van der Waals surface area (Å²) >= 11 is 0. The van der Waals surface area contributed by atoms with E-state index in [0.717, 1.165) is 37.9 Å². The van der Waals surface area contributed by atoms with E-state index in [1.807, 2.05) is 0 Å². The van der Waals surface area contributed by atoms with Crippen LogP contribution in [0.2, 0.25) is 0 Å². The average molecular weight is 466 g/mol. The minimum absolute atomic E-state index is 0.0165. The third kappa shape index (κ3) is 3.11. The third-order valence-corrected chi connectivity index (χ3v) is 9.12. The van der Waals surface area contributed by atoms with Gasteiger partial charge in [-0.1, -0.05) is 55.1 Å². The van der Waals surface area contributed by atoms with E-state index in [4.69, 9.17) is 5.73 Å². The van der Waals surface area contributed by atoms with Gasteiger partial charge in [-0.05, 0) is 53.9 Å². The number of carbonyl (C=O) groups is 1. The van der Waals surface area contributed by atoms with Crippen molar-refractivity contribution in [3.05, 3.63) is 83.1 Å². The summed E-state index contributed by atoms with van der Waals surface area (Å²) in [5.41, 5.74) is 12.7. The molecule has 0 radical (unpaired) electrons. The minimum Gasteiger partial charge on any atom is -0.355 e. The van der Waals surface area contributed by atoms with Gasteiger partial charge in [-0.15, -0.1) is 0 Å². The molecule has 4 fully saturated rings. The summed E-state index contributed by atoms with van der Waals surface area (Å²) in [4.78, 5) is 20.4. The number of nitriles is 1. The van der Waals surface area contributed by atoms with Gasteiger partial charge in [0.05, 0.1) is 24.2 Å². The maximum atomic E-state index is 13.8. The molecule has 7 rings (SSSR count). The first kappa shape index (κ1) is 21.2. The third-order valence-electron chi connectivity index (χ3n) is 9.12. The standard InChI is InChI=1S/C29H31N5O/c1-17(33-21(14-30)11-20-12-26(20)33)25(31)16-32-15-22-13-27(32)29(35)34(22)28-23-8-4-2-6-18(23)10-19-7-3-5-9-24(19)28/h2-9,20-22,25-28H,1,10-13,15-16,31H2/t20?,21?,22-,25?,26?,27?/m0/s1. The molecule has 1 saturated carbocycles. The van der Waals surface area contributed by atoms with Gasteiger partial charge in [0, 0.05) is 30.9 Å². The smallest absolute Gasteiger partial charge is 0.241 e. The predicted octanol–water partition coefficient (Wildman–Crippen LogP) is 2.79. The Kier molecular flexibility index (Phi) is 4.64. The van der Waals surface area contributed by atoms with Crippen molar-refractivity contribution in [1.29, 1.82) is 5.26 Å². The van der Waals surface area contributed by atoms with Crippen molar-refractivity contribution in [2.75, 3.05) is 13.1 Å². The summed E-state index contributed by atoms with van der Waals surface area (Å²) in [5, 5.41) is 9.57. The molecule has 3 heterocycles. The van der Waals surface area contributed by atoms with E-state index in [9.17, 15) is 10.1 Å². The second kappa shape index (κ2) is 7.68. The second-order valence-electron chi connectivity index (χ2n) is 11.0. The molecule has 1 amide bonds. The highest BCUT2D eigenvalue weighted by Crippen LogP contribution is 2.50. The number of piperidine rings is 1. The summed E-state index contributed by atoms with van der Waals surface area (Å²) in [7, 11) is 0. The zero-order valence-corrected chi connectivity index (χ0v) is 19.9. The van der Waals surface area contributed by atoms with Crippen LogP contribution in [0, 0.1) is 17.2 Å². The molecule has 2 N–H and O–H groups in total. The molecule has 3 aliphatic heterocycles. The van der Waals surface area contributed by atoms with Crippen LogP contribution in [0.25, 0.3) is 0 Å². The second-order valence-corrected chi connectivity index (χ2v) is 11.0. The molecular weight excluding hydrogens is 434 g/mol. The van der Waals surface area contributed by atoms with Crippen molar-refractivity contribution in [2.24, 2.45) is 11.7 Å². The Balaban J connectivity index is 1.11. The summed E-state index contributed by atoms with van der Waals surface area (Å²) in [6.45, 7) is 5.76. The molecule has 5 aliphatic rings. The topological polar surface area (TPSA) is 76.6 Å². The zero-order chi connectivity index (χ0) is 23.8. The number of nitrogens with zero attached hydrogens (tertiary/aromatic N) is 4. The van der Waals surface area contributed by atoms with Gasteiger partial charge in [-0.25, -0.2) is 0 Å². The molecule has 6 nitrogen and oxygen atoms in total. The predicted molar refractivity (Wildman–Crippen MR) is 133 cm³/mol. The van der Waals surface area contributed by atoms with E-state index in [0.29, 0.717) is 18.5 Å². The SMILES string of the molecule is C=C(C(N)CN1C[C@@H]2CC1C(=O)N2C1c2ccccc2Cc2ccccc21)N1C(C#N)CC2CC21. The zero-order valence-electron chi connectivity index (χ0n) is 19.9. The molecule has 6 heteroatoms. The van der Waals surface area contributed by atoms with Gasteiger partial charge in [-0.3, -0.25) is 9.69 Å². The van der Waals surface area contributed by atoms with E-state index in [2.05, 4.69) is 75.9 Å². The summed E-state index contributed by atoms with van der Waals surface area (Å²) < 4.78 is 0. The molecule has 6 atom stereocenters. The molecule has 2 aromatic rings. The molecule has 5 unspecified atom stereocenters. The van der Waals surface area contributed by atoms with Gasteiger partial charge in [0.2, 0.25) is 5.91 Å².